The SMILES string of the molecule is O=C(Nc1ccc(C(F)(F)F)cc1)c1ccc(Cl)o1. The minimum Gasteiger partial charge on any atom is -0.440 e. The van der Waals surface area contributed by atoms with E-state index in [9.17, 15) is 18.0 Å². The number of carbonyl (C=O) groups is 1. The number of hydrogen-bond donors (Lipinski definition) is 1. The van der Waals surface area contributed by atoms with E-state index in [1.807, 2.05) is 0 Å². The number of anilines is 1. The molecule has 0 bridgehead atoms. The highest BCUT2D eigenvalue weighted by atomic mass is 35.5. The van der Waals surface area contributed by atoms with Gasteiger partial charge in [-0.15, -0.1) is 0 Å². The fraction of sp³-hybridized carbons (Fsp3) is 0.0833. The van der Waals surface area contributed by atoms with Crippen LogP contribution in [0.2, 0.25) is 5.22 Å². The first-order valence-electron chi connectivity index (χ1n) is 5.10. The monoisotopic (exact) mass is 289 g/mol. The second-order valence-corrected chi connectivity index (χ2v) is 4.01. The Kier molecular flexibility index (Phi) is 3.53. The van der Waals surface area contributed by atoms with Crippen molar-refractivity contribution in [3.63, 3.8) is 0 Å². The van der Waals surface area contributed by atoms with Gasteiger partial charge in [0.2, 0.25) is 0 Å². The molecule has 2 aromatic rings. The van der Waals surface area contributed by atoms with E-state index in [4.69, 9.17) is 16.0 Å². The smallest absolute Gasteiger partial charge is 0.416 e. The zero-order valence-corrected chi connectivity index (χ0v) is 10.0. The van der Waals surface area contributed by atoms with Gasteiger partial charge >= 0.3 is 6.18 Å². The van der Waals surface area contributed by atoms with Gasteiger partial charge in [0.1, 0.15) is 0 Å². The molecule has 0 fully saturated rings. The minimum absolute atomic E-state index is 0.0232. The third kappa shape index (κ3) is 3.29. The second-order valence-electron chi connectivity index (χ2n) is 3.63. The molecule has 0 radical (unpaired) electrons. The number of rotatable bonds is 2. The lowest BCUT2D eigenvalue weighted by molar-refractivity contribution is -0.137. The van der Waals surface area contributed by atoms with Crippen LogP contribution in [-0.4, -0.2) is 5.91 Å². The molecule has 100 valence electrons. The summed E-state index contributed by atoms with van der Waals surface area (Å²) >= 11 is 5.51. The van der Waals surface area contributed by atoms with Crippen LogP contribution in [0.1, 0.15) is 16.1 Å². The average molecular weight is 290 g/mol. The van der Waals surface area contributed by atoms with Crippen LogP contribution in [0.3, 0.4) is 0 Å². The van der Waals surface area contributed by atoms with Gasteiger partial charge in [0, 0.05) is 5.69 Å². The highest BCUT2D eigenvalue weighted by Gasteiger charge is 2.30. The van der Waals surface area contributed by atoms with Crippen LogP contribution in [0.25, 0.3) is 0 Å². The van der Waals surface area contributed by atoms with Gasteiger partial charge in [0.25, 0.3) is 5.91 Å². The molecule has 1 aromatic carbocycles. The Balaban J connectivity index is 2.10. The molecule has 1 aromatic heterocycles. The summed E-state index contributed by atoms with van der Waals surface area (Å²) in [6.45, 7) is 0. The van der Waals surface area contributed by atoms with Gasteiger partial charge in [0.15, 0.2) is 11.0 Å². The van der Waals surface area contributed by atoms with Gasteiger partial charge in [-0.25, -0.2) is 0 Å². The van der Waals surface area contributed by atoms with Gasteiger partial charge in [-0.3, -0.25) is 4.79 Å². The van der Waals surface area contributed by atoms with Crippen molar-refractivity contribution in [2.75, 3.05) is 5.32 Å². The normalized spacial score (nSPS) is 11.4. The van der Waals surface area contributed by atoms with E-state index in [2.05, 4.69) is 5.32 Å². The standard InChI is InChI=1S/C12H7ClF3NO2/c13-10-6-5-9(19-10)11(18)17-8-3-1-7(2-4-8)12(14,15)16/h1-6H,(H,17,18). The van der Waals surface area contributed by atoms with Crippen molar-refractivity contribution in [2.45, 2.75) is 6.18 Å². The van der Waals surface area contributed by atoms with Gasteiger partial charge in [-0.1, -0.05) is 0 Å². The molecule has 0 aliphatic rings. The Labute approximate surface area is 111 Å². The van der Waals surface area contributed by atoms with E-state index in [1.54, 1.807) is 0 Å². The summed E-state index contributed by atoms with van der Waals surface area (Å²) in [6.07, 6.45) is -4.41. The Morgan fingerprint density at radius 2 is 1.74 bits per heavy atom. The summed E-state index contributed by atoms with van der Waals surface area (Å²) in [5, 5.41) is 2.44. The molecule has 0 saturated carbocycles. The largest absolute Gasteiger partial charge is 0.440 e. The van der Waals surface area contributed by atoms with E-state index >= 15 is 0 Å². The van der Waals surface area contributed by atoms with Gasteiger partial charge < -0.3 is 9.73 Å². The predicted molar refractivity (Wildman–Crippen MR) is 63.1 cm³/mol. The van der Waals surface area contributed by atoms with E-state index in [0.29, 0.717) is 0 Å². The number of amides is 1. The van der Waals surface area contributed by atoms with Crippen LogP contribution in [0.15, 0.2) is 40.8 Å². The molecule has 0 atom stereocenters. The topological polar surface area (TPSA) is 42.2 Å². The molecule has 0 aliphatic carbocycles. The maximum absolute atomic E-state index is 12.3. The highest BCUT2D eigenvalue weighted by molar-refractivity contribution is 6.29. The lowest BCUT2D eigenvalue weighted by atomic mass is 10.2. The van der Waals surface area contributed by atoms with Crippen molar-refractivity contribution in [3.05, 3.63) is 52.9 Å². The summed E-state index contributed by atoms with van der Waals surface area (Å²) in [7, 11) is 0. The maximum atomic E-state index is 12.3. The zero-order chi connectivity index (χ0) is 14.0. The van der Waals surface area contributed by atoms with Gasteiger partial charge in [-0.05, 0) is 48.0 Å². The van der Waals surface area contributed by atoms with Crippen molar-refractivity contribution in [3.8, 4) is 0 Å². The molecular formula is C12H7ClF3NO2. The van der Waals surface area contributed by atoms with Gasteiger partial charge in [0.05, 0.1) is 5.56 Å². The molecule has 3 nitrogen and oxygen atoms in total. The first kappa shape index (κ1) is 13.5. The number of halogens is 4. The molecule has 0 spiro atoms. The summed E-state index contributed by atoms with van der Waals surface area (Å²) in [5.41, 5.74) is -0.558. The van der Waals surface area contributed by atoms with E-state index in [0.717, 1.165) is 24.3 Å². The van der Waals surface area contributed by atoms with Crippen LogP contribution in [0.5, 0.6) is 0 Å². The zero-order valence-electron chi connectivity index (χ0n) is 9.29. The number of hydrogen-bond acceptors (Lipinski definition) is 2. The summed E-state index contributed by atoms with van der Waals surface area (Å²) in [4.78, 5) is 11.6. The fourth-order valence-corrected chi connectivity index (χ4v) is 1.52. The maximum Gasteiger partial charge on any atom is 0.416 e. The van der Waals surface area contributed by atoms with Crippen LogP contribution in [-0.2, 0) is 6.18 Å². The van der Waals surface area contributed by atoms with Crippen molar-refractivity contribution < 1.29 is 22.4 Å². The first-order valence-corrected chi connectivity index (χ1v) is 5.48. The number of benzene rings is 1. The average Bonchev–Trinajstić information content (AvgIpc) is 2.75. The quantitative estimate of drug-likeness (QED) is 0.900. The Morgan fingerprint density at radius 1 is 1.11 bits per heavy atom. The Bertz CT molecular complexity index is 590. The molecule has 0 aliphatic heterocycles. The van der Waals surface area contributed by atoms with E-state index in [-0.39, 0.29) is 16.7 Å². The van der Waals surface area contributed by atoms with Gasteiger partial charge in [-0.2, -0.15) is 13.2 Å². The summed E-state index contributed by atoms with van der Waals surface area (Å²) in [5.74, 6) is -0.614. The number of nitrogens with one attached hydrogen (secondary N) is 1. The Morgan fingerprint density at radius 3 is 2.21 bits per heavy atom. The summed E-state index contributed by atoms with van der Waals surface area (Å²) in [6, 6.07) is 6.83. The molecule has 19 heavy (non-hydrogen) atoms. The van der Waals surface area contributed by atoms with Crippen LogP contribution in [0, 0.1) is 0 Å². The van der Waals surface area contributed by atoms with Crippen molar-refractivity contribution >= 4 is 23.2 Å². The first-order chi connectivity index (χ1) is 8.86. The predicted octanol–water partition coefficient (Wildman–Crippen LogP) is 4.20. The molecule has 1 N–H and O–H groups in total. The molecule has 0 unspecified atom stereocenters. The van der Waals surface area contributed by atoms with Crippen LogP contribution >= 0.6 is 11.6 Å². The fourth-order valence-electron chi connectivity index (χ4n) is 1.37. The second kappa shape index (κ2) is 4.97. The molecule has 2 rings (SSSR count). The van der Waals surface area contributed by atoms with Crippen LogP contribution in [0.4, 0.5) is 18.9 Å². The molecule has 1 heterocycles. The van der Waals surface area contributed by atoms with Crippen molar-refractivity contribution in [1.82, 2.24) is 0 Å². The van der Waals surface area contributed by atoms with Crippen LogP contribution < -0.4 is 5.32 Å². The number of furan rings is 1. The molecule has 7 heteroatoms. The van der Waals surface area contributed by atoms with Crippen molar-refractivity contribution in [1.29, 1.82) is 0 Å². The Hall–Kier alpha value is -1.95. The third-order valence-electron chi connectivity index (χ3n) is 2.27. The lowest BCUT2D eigenvalue weighted by Crippen LogP contribution is -2.11. The number of alkyl halides is 3. The summed E-state index contributed by atoms with van der Waals surface area (Å²) < 4.78 is 41.9. The minimum atomic E-state index is -4.41. The van der Waals surface area contributed by atoms with E-state index in [1.165, 1.54) is 12.1 Å². The third-order valence-corrected chi connectivity index (χ3v) is 2.47. The van der Waals surface area contributed by atoms with E-state index < -0.39 is 17.6 Å². The molecular weight excluding hydrogens is 283 g/mol. The molecule has 0 saturated heterocycles. The number of carbonyl (C=O) groups excluding carboxylic acids is 1. The highest BCUT2D eigenvalue weighted by Crippen LogP contribution is 2.29. The molecule has 1 amide bonds. The lowest BCUT2D eigenvalue weighted by Gasteiger charge is -2.08. The van der Waals surface area contributed by atoms with Crippen molar-refractivity contribution in [2.24, 2.45) is 0 Å².